The zero-order valence-electron chi connectivity index (χ0n) is 8.40. The monoisotopic (exact) mass is 193 g/mol. The van der Waals surface area contributed by atoms with Crippen molar-refractivity contribution in [3.05, 3.63) is 12.2 Å². The minimum atomic E-state index is 0.771. The van der Waals surface area contributed by atoms with Crippen LogP contribution in [0, 0.1) is 5.41 Å². The molecule has 1 aliphatic rings. The quantitative estimate of drug-likeness (QED) is 0.757. The molecule has 0 spiro atoms. The van der Waals surface area contributed by atoms with Crippen molar-refractivity contribution in [3.63, 3.8) is 0 Å². The zero-order chi connectivity index (χ0) is 9.97. The molecule has 5 nitrogen and oxygen atoms in total. The minimum Gasteiger partial charge on any atom is -0.360 e. The highest BCUT2D eigenvalue weighted by Gasteiger charge is 2.16. The minimum absolute atomic E-state index is 0.771. The molecule has 0 unspecified atom stereocenters. The van der Waals surface area contributed by atoms with Gasteiger partial charge in [0.15, 0.2) is 0 Å². The first-order valence-corrected chi connectivity index (χ1v) is 4.92. The molecule has 1 fully saturated rings. The van der Waals surface area contributed by atoms with E-state index in [9.17, 15) is 0 Å². The van der Waals surface area contributed by atoms with E-state index in [4.69, 9.17) is 5.41 Å². The molecule has 0 aromatic carbocycles. The van der Waals surface area contributed by atoms with Gasteiger partial charge in [-0.15, -0.1) is 10.2 Å². The maximum absolute atomic E-state index is 7.67. The van der Waals surface area contributed by atoms with Gasteiger partial charge < -0.3 is 9.47 Å². The predicted molar refractivity (Wildman–Crippen MR) is 53.2 cm³/mol. The zero-order valence-corrected chi connectivity index (χ0v) is 8.40. The van der Waals surface area contributed by atoms with Gasteiger partial charge in [-0.25, -0.2) is 0 Å². The molecule has 0 aliphatic carbocycles. The molecule has 2 rings (SSSR count). The summed E-state index contributed by atoms with van der Waals surface area (Å²) in [4.78, 5) is 2.12. The third-order valence-electron chi connectivity index (χ3n) is 2.63. The van der Waals surface area contributed by atoms with Crippen LogP contribution in [0.1, 0.15) is 18.7 Å². The molecule has 0 radical (unpaired) electrons. The fraction of sp³-hybridized carbons (Fsp3) is 0.667. The number of amidine groups is 1. The molecule has 0 amide bonds. The van der Waals surface area contributed by atoms with Crippen molar-refractivity contribution in [2.75, 3.05) is 13.1 Å². The molecule has 14 heavy (non-hydrogen) atoms. The van der Waals surface area contributed by atoms with E-state index in [1.54, 1.807) is 6.33 Å². The fourth-order valence-electron chi connectivity index (χ4n) is 1.75. The molecule has 0 saturated carbocycles. The van der Waals surface area contributed by atoms with Gasteiger partial charge in [-0.05, 0) is 6.42 Å². The highest BCUT2D eigenvalue weighted by molar-refractivity contribution is 5.80. The summed E-state index contributed by atoms with van der Waals surface area (Å²) in [6, 6.07) is 0. The Morgan fingerprint density at radius 2 is 2.43 bits per heavy atom. The summed E-state index contributed by atoms with van der Waals surface area (Å²) in [5.41, 5.74) is 0. The predicted octanol–water partition coefficient (Wildman–Crippen LogP) is 0.431. The second kappa shape index (κ2) is 3.77. The van der Waals surface area contributed by atoms with Crippen LogP contribution < -0.4 is 0 Å². The van der Waals surface area contributed by atoms with Gasteiger partial charge in [-0.2, -0.15) is 0 Å². The van der Waals surface area contributed by atoms with Crippen LogP contribution in [0.4, 0.5) is 0 Å². The van der Waals surface area contributed by atoms with Crippen molar-refractivity contribution in [1.82, 2.24) is 19.7 Å². The number of hydrogen-bond donors (Lipinski definition) is 1. The van der Waals surface area contributed by atoms with E-state index in [0.29, 0.717) is 0 Å². The normalized spacial score (nSPS) is 16.6. The van der Waals surface area contributed by atoms with Crippen molar-refractivity contribution in [2.24, 2.45) is 7.05 Å². The van der Waals surface area contributed by atoms with E-state index in [0.717, 1.165) is 44.0 Å². The molecule has 2 heterocycles. The van der Waals surface area contributed by atoms with Gasteiger partial charge in [0, 0.05) is 33.0 Å². The topological polar surface area (TPSA) is 57.8 Å². The SMILES string of the molecule is Cn1cnnc1CCN1CCCC1=N. The number of nitrogens with one attached hydrogen (secondary N) is 1. The van der Waals surface area contributed by atoms with Gasteiger partial charge in [-0.1, -0.05) is 0 Å². The summed E-state index contributed by atoms with van der Waals surface area (Å²) in [5.74, 6) is 1.76. The lowest BCUT2D eigenvalue weighted by Crippen LogP contribution is -2.27. The van der Waals surface area contributed by atoms with Crippen molar-refractivity contribution in [1.29, 1.82) is 5.41 Å². The lowest BCUT2D eigenvalue weighted by molar-refractivity contribution is 0.447. The Labute approximate surface area is 83.3 Å². The summed E-state index contributed by atoms with van der Waals surface area (Å²) in [5, 5.41) is 15.5. The average molecular weight is 193 g/mol. The van der Waals surface area contributed by atoms with Gasteiger partial charge in [0.25, 0.3) is 0 Å². The lowest BCUT2D eigenvalue weighted by atomic mass is 10.3. The lowest BCUT2D eigenvalue weighted by Gasteiger charge is -2.16. The van der Waals surface area contributed by atoms with E-state index < -0.39 is 0 Å². The average Bonchev–Trinajstić information content (AvgIpc) is 2.72. The number of aryl methyl sites for hydroxylation is 1. The first-order valence-electron chi connectivity index (χ1n) is 4.92. The smallest absolute Gasteiger partial charge is 0.134 e. The second-order valence-electron chi connectivity index (χ2n) is 3.65. The Morgan fingerprint density at radius 1 is 1.57 bits per heavy atom. The van der Waals surface area contributed by atoms with Crippen LogP contribution in [0.2, 0.25) is 0 Å². The van der Waals surface area contributed by atoms with Gasteiger partial charge in [-0.3, -0.25) is 5.41 Å². The molecule has 1 saturated heterocycles. The fourth-order valence-corrected chi connectivity index (χ4v) is 1.75. The Morgan fingerprint density at radius 3 is 3.00 bits per heavy atom. The van der Waals surface area contributed by atoms with E-state index >= 15 is 0 Å². The van der Waals surface area contributed by atoms with E-state index in [1.165, 1.54) is 0 Å². The van der Waals surface area contributed by atoms with Crippen LogP contribution in [0.25, 0.3) is 0 Å². The molecule has 76 valence electrons. The number of likely N-dealkylation sites (tertiary alicyclic amines) is 1. The second-order valence-corrected chi connectivity index (χ2v) is 3.65. The van der Waals surface area contributed by atoms with Gasteiger partial charge in [0.05, 0.1) is 5.84 Å². The van der Waals surface area contributed by atoms with Crippen molar-refractivity contribution < 1.29 is 0 Å². The molecular weight excluding hydrogens is 178 g/mol. The summed E-state index contributed by atoms with van der Waals surface area (Å²) >= 11 is 0. The highest BCUT2D eigenvalue weighted by atomic mass is 15.3. The highest BCUT2D eigenvalue weighted by Crippen LogP contribution is 2.10. The Bertz CT molecular complexity index is 330. The summed E-state index contributed by atoms with van der Waals surface area (Å²) in [7, 11) is 1.95. The summed E-state index contributed by atoms with van der Waals surface area (Å²) in [6.07, 6.45) is 4.64. The van der Waals surface area contributed by atoms with Crippen molar-refractivity contribution >= 4 is 5.84 Å². The van der Waals surface area contributed by atoms with E-state index in [1.807, 2.05) is 11.6 Å². The van der Waals surface area contributed by atoms with Crippen LogP contribution in [0.5, 0.6) is 0 Å². The van der Waals surface area contributed by atoms with Crippen molar-refractivity contribution in [2.45, 2.75) is 19.3 Å². The molecule has 0 atom stereocenters. The largest absolute Gasteiger partial charge is 0.360 e. The third-order valence-corrected chi connectivity index (χ3v) is 2.63. The molecule has 1 N–H and O–H groups in total. The maximum Gasteiger partial charge on any atom is 0.134 e. The van der Waals surface area contributed by atoms with Crippen LogP contribution in [-0.2, 0) is 13.5 Å². The Kier molecular flexibility index (Phi) is 2.47. The summed E-state index contributed by atoms with van der Waals surface area (Å²) < 4.78 is 1.93. The van der Waals surface area contributed by atoms with Crippen LogP contribution in [0.15, 0.2) is 6.33 Å². The molecule has 0 bridgehead atoms. The number of hydrogen-bond acceptors (Lipinski definition) is 3. The van der Waals surface area contributed by atoms with Crippen LogP contribution >= 0.6 is 0 Å². The number of rotatable bonds is 3. The van der Waals surface area contributed by atoms with Gasteiger partial charge >= 0.3 is 0 Å². The Hall–Kier alpha value is -1.39. The Balaban J connectivity index is 1.88. The van der Waals surface area contributed by atoms with E-state index in [-0.39, 0.29) is 0 Å². The molecule has 1 aliphatic heterocycles. The van der Waals surface area contributed by atoms with E-state index in [2.05, 4.69) is 15.1 Å². The maximum atomic E-state index is 7.67. The molecule has 1 aromatic rings. The standard InChI is InChI=1S/C9H15N5/c1-13-7-11-12-9(13)4-6-14-5-2-3-8(14)10/h7,10H,2-6H2,1H3. The first kappa shape index (κ1) is 9.18. The third kappa shape index (κ3) is 1.76. The summed E-state index contributed by atoms with van der Waals surface area (Å²) in [6.45, 7) is 1.92. The molecular formula is C9H15N5. The molecule has 1 aromatic heterocycles. The first-order chi connectivity index (χ1) is 6.77. The van der Waals surface area contributed by atoms with Crippen molar-refractivity contribution in [3.8, 4) is 0 Å². The van der Waals surface area contributed by atoms with Crippen LogP contribution in [0.3, 0.4) is 0 Å². The van der Waals surface area contributed by atoms with Gasteiger partial charge in [0.1, 0.15) is 12.2 Å². The van der Waals surface area contributed by atoms with Crippen LogP contribution in [-0.4, -0.2) is 38.6 Å². The number of nitrogens with zero attached hydrogens (tertiary/aromatic N) is 4. The molecule has 5 heteroatoms. The van der Waals surface area contributed by atoms with Gasteiger partial charge in [0.2, 0.25) is 0 Å². The number of aromatic nitrogens is 3.